The number of carbonyl (C=O) groups excluding carboxylic acids is 1. The highest BCUT2D eigenvalue weighted by Gasteiger charge is 2.33. The number of aryl methyl sites for hydroxylation is 2. The molecule has 1 atom stereocenters. The van der Waals surface area contributed by atoms with Crippen molar-refractivity contribution in [2.75, 3.05) is 17.2 Å². The fourth-order valence-electron chi connectivity index (χ4n) is 2.59. The first-order chi connectivity index (χ1) is 9.17. The highest BCUT2D eigenvalue weighted by molar-refractivity contribution is 8.13. The fourth-order valence-corrected chi connectivity index (χ4v) is 3.91. The molecule has 1 aliphatic heterocycles. The maximum Gasteiger partial charge on any atom is 0.232 e. The number of rotatable bonds is 3. The standard InChI is InChI=1S/C14H18ClNO3S/c1-9-4-13(5-10(2)11(9)3)16-7-12(6-14(16)17)8-20(15,18)19/h4-5,12H,6-8H2,1-3H3. The van der Waals surface area contributed by atoms with Crippen LogP contribution in [0.25, 0.3) is 0 Å². The zero-order valence-electron chi connectivity index (χ0n) is 11.8. The molecular weight excluding hydrogens is 298 g/mol. The van der Waals surface area contributed by atoms with Gasteiger partial charge in [0, 0.05) is 35.3 Å². The Hall–Kier alpha value is -1.07. The number of carbonyl (C=O) groups is 1. The lowest BCUT2D eigenvalue weighted by Crippen LogP contribution is -2.25. The van der Waals surface area contributed by atoms with Gasteiger partial charge in [0.15, 0.2) is 0 Å². The van der Waals surface area contributed by atoms with Gasteiger partial charge >= 0.3 is 0 Å². The summed E-state index contributed by atoms with van der Waals surface area (Å²) >= 11 is 0. The van der Waals surface area contributed by atoms with Crippen LogP contribution in [0.4, 0.5) is 5.69 Å². The normalized spacial score (nSPS) is 19.7. The number of halogens is 1. The van der Waals surface area contributed by atoms with Gasteiger partial charge in [-0.05, 0) is 49.6 Å². The molecule has 1 amide bonds. The Labute approximate surface area is 124 Å². The smallest absolute Gasteiger partial charge is 0.232 e. The number of hydrogen-bond donors (Lipinski definition) is 0. The van der Waals surface area contributed by atoms with Gasteiger partial charge in [-0.15, -0.1) is 0 Å². The number of amides is 1. The number of benzene rings is 1. The van der Waals surface area contributed by atoms with Crippen molar-refractivity contribution in [2.24, 2.45) is 5.92 Å². The molecule has 1 heterocycles. The second kappa shape index (κ2) is 5.37. The van der Waals surface area contributed by atoms with E-state index in [-0.39, 0.29) is 24.0 Å². The second-order valence-corrected chi connectivity index (χ2v) is 8.31. The lowest BCUT2D eigenvalue weighted by molar-refractivity contribution is -0.117. The SMILES string of the molecule is Cc1cc(N2CC(CS(=O)(=O)Cl)CC2=O)cc(C)c1C. The molecule has 1 saturated heterocycles. The Kier molecular flexibility index (Phi) is 4.12. The van der Waals surface area contributed by atoms with Crippen molar-refractivity contribution < 1.29 is 13.2 Å². The largest absolute Gasteiger partial charge is 0.312 e. The van der Waals surface area contributed by atoms with E-state index in [9.17, 15) is 13.2 Å². The molecular formula is C14H18ClNO3S. The van der Waals surface area contributed by atoms with Crippen molar-refractivity contribution in [3.05, 3.63) is 28.8 Å². The first kappa shape index (κ1) is 15.3. The summed E-state index contributed by atoms with van der Waals surface area (Å²) in [5, 5.41) is 0. The van der Waals surface area contributed by atoms with Crippen molar-refractivity contribution in [3.8, 4) is 0 Å². The third-order valence-electron chi connectivity index (χ3n) is 3.86. The number of nitrogens with zero attached hydrogens (tertiary/aromatic N) is 1. The van der Waals surface area contributed by atoms with Crippen molar-refractivity contribution in [1.29, 1.82) is 0 Å². The van der Waals surface area contributed by atoms with Gasteiger partial charge in [0.1, 0.15) is 0 Å². The van der Waals surface area contributed by atoms with Gasteiger partial charge in [-0.25, -0.2) is 8.42 Å². The molecule has 0 spiro atoms. The van der Waals surface area contributed by atoms with E-state index in [4.69, 9.17) is 10.7 Å². The van der Waals surface area contributed by atoms with Gasteiger partial charge in [0.05, 0.1) is 5.75 Å². The van der Waals surface area contributed by atoms with Gasteiger partial charge in [0.25, 0.3) is 0 Å². The molecule has 1 aromatic rings. The predicted octanol–water partition coefficient (Wildman–Crippen LogP) is 2.53. The Morgan fingerprint density at radius 1 is 1.25 bits per heavy atom. The molecule has 1 aliphatic rings. The summed E-state index contributed by atoms with van der Waals surface area (Å²) in [5.41, 5.74) is 4.30. The molecule has 4 nitrogen and oxygen atoms in total. The molecule has 0 bridgehead atoms. The van der Waals surface area contributed by atoms with Crippen molar-refractivity contribution in [1.82, 2.24) is 0 Å². The summed E-state index contributed by atoms with van der Waals surface area (Å²) in [6.07, 6.45) is 0.234. The van der Waals surface area contributed by atoms with E-state index >= 15 is 0 Å². The van der Waals surface area contributed by atoms with Crippen LogP contribution < -0.4 is 4.90 Å². The van der Waals surface area contributed by atoms with Crippen LogP contribution in [0.3, 0.4) is 0 Å². The Bertz CT molecular complexity index is 631. The van der Waals surface area contributed by atoms with E-state index in [2.05, 4.69) is 0 Å². The van der Waals surface area contributed by atoms with Crippen molar-refractivity contribution in [3.63, 3.8) is 0 Å². The van der Waals surface area contributed by atoms with Gasteiger partial charge in [-0.1, -0.05) is 0 Å². The van der Waals surface area contributed by atoms with Gasteiger partial charge in [-0.2, -0.15) is 0 Å². The summed E-state index contributed by atoms with van der Waals surface area (Å²) in [7, 11) is 1.70. The predicted molar refractivity (Wildman–Crippen MR) is 80.8 cm³/mol. The summed E-state index contributed by atoms with van der Waals surface area (Å²) in [5.74, 6) is -0.425. The minimum absolute atomic E-state index is 0.0435. The molecule has 0 saturated carbocycles. The third-order valence-corrected chi connectivity index (χ3v) is 5.11. The molecule has 0 N–H and O–H groups in total. The molecule has 1 fully saturated rings. The molecule has 1 aromatic carbocycles. The number of anilines is 1. The lowest BCUT2D eigenvalue weighted by Gasteiger charge is -2.19. The molecule has 20 heavy (non-hydrogen) atoms. The molecule has 6 heteroatoms. The van der Waals surface area contributed by atoms with E-state index < -0.39 is 9.05 Å². The summed E-state index contributed by atoms with van der Waals surface area (Å²) in [6, 6.07) is 3.94. The van der Waals surface area contributed by atoms with Crippen LogP contribution in [0, 0.1) is 26.7 Å². The van der Waals surface area contributed by atoms with Crippen LogP contribution in [-0.4, -0.2) is 26.6 Å². The van der Waals surface area contributed by atoms with Gasteiger partial charge < -0.3 is 4.90 Å². The van der Waals surface area contributed by atoms with Crippen LogP contribution in [0.1, 0.15) is 23.1 Å². The van der Waals surface area contributed by atoms with Crippen LogP contribution in [0.2, 0.25) is 0 Å². The van der Waals surface area contributed by atoms with Crippen LogP contribution in [0.15, 0.2) is 12.1 Å². The first-order valence-electron chi connectivity index (χ1n) is 6.48. The second-order valence-electron chi connectivity index (χ2n) is 5.48. The highest BCUT2D eigenvalue weighted by Crippen LogP contribution is 2.29. The van der Waals surface area contributed by atoms with E-state index in [1.165, 1.54) is 5.56 Å². The van der Waals surface area contributed by atoms with Gasteiger partial charge in [-0.3, -0.25) is 4.79 Å². The molecule has 2 rings (SSSR count). The third kappa shape index (κ3) is 3.33. The molecule has 110 valence electrons. The lowest BCUT2D eigenvalue weighted by atomic mass is 10.0. The average molecular weight is 316 g/mol. The van der Waals surface area contributed by atoms with E-state index in [0.717, 1.165) is 16.8 Å². The average Bonchev–Trinajstić information content (AvgIpc) is 2.63. The first-order valence-corrected chi connectivity index (χ1v) is 8.96. The van der Waals surface area contributed by atoms with E-state index in [1.54, 1.807) is 4.90 Å². The quantitative estimate of drug-likeness (QED) is 0.805. The Balaban J connectivity index is 2.24. The van der Waals surface area contributed by atoms with Gasteiger partial charge in [0.2, 0.25) is 15.0 Å². The topological polar surface area (TPSA) is 54.5 Å². The zero-order chi connectivity index (χ0) is 15.1. The minimum atomic E-state index is -3.57. The Morgan fingerprint density at radius 2 is 1.80 bits per heavy atom. The van der Waals surface area contributed by atoms with Crippen molar-refractivity contribution in [2.45, 2.75) is 27.2 Å². The maximum absolute atomic E-state index is 12.1. The van der Waals surface area contributed by atoms with E-state index in [0.29, 0.717) is 6.54 Å². The van der Waals surface area contributed by atoms with Crippen molar-refractivity contribution >= 4 is 31.3 Å². The molecule has 0 aliphatic carbocycles. The minimum Gasteiger partial charge on any atom is -0.312 e. The molecule has 1 unspecified atom stereocenters. The summed E-state index contributed by atoms with van der Waals surface area (Å²) in [4.78, 5) is 13.7. The Morgan fingerprint density at radius 3 is 2.30 bits per heavy atom. The van der Waals surface area contributed by atoms with Crippen LogP contribution >= 0.6 is 10.7 Å². The molecule has 0 radical (unpaired) electrons. The highest BCUT2D eigenvalue weighted by atomic mass is 35.7. The summed E-state index contributed by atoms with van der Waals surface area (Å²) < 4.78 is 22.3. The molecule has 0 aromatic heterocycles. The zero-order valence-corrected chi connectivity index (χ0v) is 13.4. The van der Waals surface area contributed by atoms with E-state index in [1.807, 2.05) is 32.9 Å². The number of hydrogen-bond acceptors (Lipinski definition) is 3. The van der Waals surface area contributed by atoms with Crippen LogP contribution in [0.5, 0.6) is 0 Å². The summed E-state index contributed by atoms with van der Waals surface area (Å²) in [6.45, 7) is 6.47. The fraction of sp³-hybridized carbons (Fsp3) is 0.500. The van der Waals surface area contributed by atoms with Crippen LogP contribution in [-0.2, 0) is 13.8 Å². The monoisotopic (exact) mass is 315 g/mol. The maximum atomic E-state index is 12.1.